The van der Waals surface area contributed by atoms with Gasteiger partial charge in [0.2, 0.25) is 0 Å². The first-order chi connectivity index (χ1) is 13.4. The average molecular weight is 412 g/mol. The molecule has 1 aliphatic carbocycles. The largest absolute Gasteiger partial charge is 0.490 e. The van der Waals surface area contributed by atoms with Crippen molar-refractivity contribution in [3.63, 3.8) is 0 Å². The quantitative estimate of drug-likeness (QED) is 0.737. The number of alkyl halides is 3. The van der Waals surface area contributed by atoms with Crippen LogP contribution in [-0.4, -0.2) is 35.2 Å². The highest BCUT2D eigenvalue weighted by Crippen LogP contribution is 2.40. The predicted molar refractivity (Wildman–Crippen MR) is 95.9 cm³/mol. The van der Waals surface area contributed by atoms with Gasteiger partial charge in [-0.3, -0.25) is 0 Å². The molecule has 1 saturated heterocycles. The van der Waals surface area contributed by atoms with Crippen LogP contribution in [0.4, 0.5) is 18.0 Å². The third-order valence-corrected chi connectivity index (χ3v) is 6.01. The van der Waals surface area contributed by atoms with Crippen LogP contribution in [-0.2, 0) is 17.5 Å². The third kappa shape index (κ3) is 4.24. The molecule has 3 atom stereocenters. The Kier molecular flexibility index (Phi) is 5.18. The van der Waals surface area contributed by atoms with Gasteiger partial charge in [-0.05, 0) is 48.9 Å². The number of aromatic nitrogens is 1. The molecule has 0 radical (unpaired) electrons. The number of thiazole rings is 1. The number of benzene rings is 1. The van der Waals surface area contributed by atoms with Crippen LogP contribution in [0.15, 0.2) is 35.8 Å². The predicted octanol–water partition coefficient (Wildman–Crippen LogP) is 4.59. The van der Waals surface area contributed by atoms with Crippen molar-refractivity contribution in [3.05, 3.63) is 46.4 Å². The van der Waals surface area contributed by atoms with Crippen LogP contribution in [0, 0.1) is 11.8 Å². The number of halogens is 3. The molecular formula is C19H19F3N2O3S. The Bertz CT molecular complexity index is 797. The summed E-state index contributed by atoms with van der Waals surface area (Å²) in [6.45, 7) is 1.42. The second-order valence-corrected chi connectivity index (χ2v) is 8.12. The van der Waals surface area contributed by atoms with Crippen molar-refractivity contribution in [1.82, 2.24) is 9.88 Å². The first kappa shape index (κ1) is 19.0. The summed E-state index contributed by atoms with van der Waals surface area (Å²) in [4.78, 5) is 18.0. The topological polar surface area (TPSA) is 51.7 Å². The molecule has 2 aromatic rings. The van der Waals surface area contributed by atoms with Gasteiger partial charge >= 0.3 is 12.3 Å². The molecular weight excluding hydrogens is 393 g/mol. The second kappa shape index (κ2) is 7.62. The van der Waals surface area contributed by atoms with E-state index in [9.17, 15) is 18.0 Å². The SMILES string of the molecule is O=C(OCc1nccs1)N1C[C@H]2C[C@@H](Oc3ccc(C(F)(F)F)cc3)C[C@H]2C1. The van der Waals surface area contributed by atoms with Gasteiger partial charge in [0.15, 0.2) is 0 Å². The third-order valence-electron chi connectivity index (χ3n) is 5.25. The molecule has 0 bridgehead atoms. The molecule has 1 saturated carbocycles. The summed E-state index contributed by atoms with van der Waals surface area (Å²) in [7, 11) is 0. The van der Waals surface area contributed by atoms with Crippen molar-refractivity contribution in [2.75, 3.05) is 13.1 Å². The maximum atomic E-state index is 12.6. The monoisotopic (exact) mass is 412 g/mol. The fraction of sp³-hybridized carbons (Fsp3) is 0.474. The van der Waals surface area contributed by atoms with E-state index in [-0.39, 0.29) is 18.8 Å². The normalized spacial score (nSPS) is 24.2. The molecule has 1 aromatic heterocycles. The van der Waals surface area contributed by atoms with Gasteiger partial charge < -0.3 is 14.4 Å². The maximum absolute atomic E-state index is 12.6. The van der Waals surface area contributed by atoms with E-state index < -0.39 is 11.7 Å². The Morgan fingerprint density at radius 2 is 1.86 bits per heavy atom. The molecule has 0 spiro atoms. The van der Waals surface area contributed by atoms with Crippen molar-refractivity contribution in [2.45, 2.75) is 31.7 Å². The molecule has 9 heteroatoms. The van der Waals surface area contributed by atoms with E-state index >= 15 is 0 Å². The van der Waals surface area contributed by atoms with Crippen LogP contribution >= 0.6 is 11.3 Å². The molecule has 1 amide bonds. The Balaban J connectivity index is 1.25. The summed E-state index contributed by atoms with van der Waals surface area (Å²) in [5, 5.41) is 2.60. The highest BCUT2D eigenvalue weighted by molar-refractivity contribution is 7.09. The van der Waals surface area contributed by atoms with Crippen LogP contribution < -0.4 is 4.74 Å². The van der Waals surface area contributed by atoms with E-state index in [0.717, 1.165) is 30.0 Å². The summed E-state index contributed by atoms with van der Waals surface area (Å²) in [6, 6.07) is 4.79. The number of hydrogen-bond donors (Lipinski definition) is 0. The zero-order valence-electron chi connectivity index (χ0n) is 14.9. The molecule has 0 N–H and O–H groups in total. The molecule has 1 aromatic carbocycles. The molecule has 150 valence electrons. The van der Waals surface area contributed by atoms with Crippen LogP contribution in [0.1, 0.15) is 23.4 Å². The van der Waals surface area contributed by atoms with Crippen LogP contribution in [0.3, 0.4) is 0 Å². The maximum Gasteiger partial charge on any atom is 0.416 e. The fourth-order valence-electron chi connectivity index (χ4n) is 3.94. The number of fused-ring (bicyclic) bond motifs is 1. The molecule has 5 nitrogen and oxygen atoms in total. The minimum atomic E-state index is -4.35. The van der Waals surface area contributed by atoms with Crippen LogP contribution in [0.5, 0.6) is 5.75 Å². The van der Waals surface area contributed by atoms with E-state index in [1.54, 1.807) is 11.1 Å². The van der Waals surface area contributed by atoms with Gasteiger partial charge in [-0.2, -0.15) is 13.2 Å². The minimum Gasteiger partial charge on any atom is -0.490 e. The number of hydrogen-bond acceptors (Lipinski definition) is 5. The van der Waals surface area contributed by atoms with Gasteiger partial charge in [-0.1, -0.05) is 0 Å². The Morgan fingerprint density at radius 3 is 2.43 bits per heavy atom. The van der Waals surface area contributed by atoms with E-state index in [1.165, 1.54) is 23.5 Å². The van der Waals surface area contributed by atoms with Crippen molar-refractivity contribution >= 4 is 17.4 Å². The molecule has 0 unspecified atom stereocenters. The van der Waals surface area contributed by atoms with E-state index in [0.29, 0.717) is 30.7 Å². The lowest BCUT2D eigenvalue weighted by Gasteiger charge is -2.20. The highest BCUT2D eigenvalue weighted by Gasteiger charge is 2.43. The molecule has 28 heavy (non-hydrogen) atoms. The minimum absolute atomic E-state index is 0.0415. The summed E-state index contributed by atoms with van der Waals surface area (Å²) < 4.78 is 49.1. The molecule has 1 aliphatic heterocycles. The number of carbonyl (C=O) groups is 1. The summed E-state index contributed by atoms with van der Waals surface area (Å²) in [6.07, 6.45) is -1.49. The molecule has 2 aliphatic rings. The average Bonchev–Trinajstić information content (AvgIpc) is 3.35. The van der Waals surface area contributed by atoms with Crippen LogP contribution in [0.25, 0.3) is 0 Å². The van der Waals surface area contributed by atoms with Crippen molar-refractivity contribution in [3.8, 4) is 5.75 Å². The molecule has 2 heterocycles. The number of likely N-dealkylation sites (tertiary alicyclic amines) is 1. The van der Waals surface area contributed by atoms with Crippen molar-refractivity contribution in [2.24, 2.45) is 11.8 Å². The molecule has 4 rings (SSSR count). The number of ether oxygens (including phenoxy) is 2. The van der Waals surface area contributed by atoms with Gasteiger partial charge in [-0.15, -0.1) is 11.3 Å². The van der Waals surface area contributed by atoms with Crippen molar-refractivity contribution in [1.29, 1.82) is 0 Å². The van der Waals surface area contributed by atoms with Crippen LogP contribution in [0.2, 0.25) is 0 Å². The lowest BCUT2D eigenvalue weighted by molar-refractivity contribution is -0.137. The number of amides is 1. The van der Waals surface area contributed by atoms with E-state index in [2.05, 4.69) is 4.98 Å². The van der Waals surface area contributed by atoms with Gasteiger partial charge in [0.05, 0.1) is 11.7 Å². The summed E-state index contributed by atoms with van der Waals surface area (Å²) in [5.41, 5.74) is -0.685. The Labute approximate surface area is 164 Å². The Hall–Kier alpha value is -2.29. The van der Waals surface area contributed by atoms with Gasteiger partial charge in [-0.25, -0.2) is 9.78 Å². The zero-order chi connectivity index (χ0) is 19.7. The lowest BCUT2D eigenvalue weighted by atomic mass is 10.0. The Morgan fingerprint density at radius 1 is 1.18 bits per heavy atom. The first-order valence-electron chi connectivity index (χ1n) is 9.02. The van der Waals surface area contributed by atoms with E-state index in [4.69, 9.17) is 9.47 Å². The first-order valence-corrected chi connectivity index (χ1v) is 9.90. The number of carbonyl (C=O) groups excluding carboxylic acids is 1. The summed E-state index contributed by atoms with van der Waals surface area (Å²) >= 11 is 1.44. The zero-order valence-corrected chi connectivity index (χ0v) is 15.7. The van der Waals surface area contributed by atoms with E-state index in [1.807, 2.05) is 5.38 Å². The number of nitrogens with zero attached hydrogens (tertiary/aromatic N) is 2. The van der Waals surface area contributed by atoms with Crippen molar-refractivity contribution < 1.29 is 27.4 Å². The van der Waals surface area contributed by atoms with Gasteiger partial charge in [0.25, 0.3) is 0 Å². The second-order valence-electron chi connectivity index (χ2n) is 7.14. The highest BCUT2D eigenvalue weighted by atomic mass is 32.1. The fourth-order valence-corrected chi connectivity index (χ4v) is 4.47. The van der Waals surface area contributed by atoms with Gasteiger partial charge in [0, 0.05) is 24.7 Å². The smallest absolute Gasteiger partial charge is 0.416 e. The standard InChI is InChI=1S/C19H19F3N2O3S/c20-19(21,22)14-1-3-15(4-2-14)27-16-7-12-9-24(10-13(12)8-16)18(25)26-11-17-23-5-6-28-17/h1-6,12-13,16H,7-11H2/t12-,13+,16-. The van der Waals surface area contributed by atoms with Gasteiger partial charge in [0.1, 0.15) is 17.4 Å². The molecule has 2 fully saturated rings. The lowest BCUT2D eigenvalue weighted by Crippen LogP contribution is -2.31. The number of rotatable bonds is 4. The summed E-state index contributed by atoms with van der Waals surface area (Å²) in [5.74, 6) is 1.09.